The highest BCUT2D eigenvalue weighted by molar-refractivity contribution is 6.16. The lowest BCUT2D eigenvalue weighted by molar-refractivity contribution is -0.143. The lowest BCUT2D eigenvalue weighted by Crippen LogP contribution is -2.36. The molecule has 0 radical (unpaired) electrons. The monoisotopic (exact) mass is 441 g/mol. The fraction of sp³-hybridized carbons (Fsp3) is 0.120. The first kappa shape index (κ1) is 21.6. The molecule has 0 saturated carbocycles. The number of imide groups is 1. The molecule has 3 aromatic rings. The van der Waals surface area contributed by atoms with Gasteiger partial charge in [-0.3, -0.25) is 9.59 Å². The first-order valence-corrected chi connectivity index (χ1v) is 10.1. The summed E-state index contributed by atoms with van der Waals surface area (Å²) in [6.45, 7) is -0.338. The van der Waals surface area contributed by atoms with Crippen molar-refractivity contribution in [1.29, 1.82) is 5.26 Å². The topological polar surface area (TPSA) is 109 Å². The summed E-state index contributed by atoms with van der Waals surface area (Å²) in [4.78, 5) is 37.4. The standard InChI is InChI=1S/C25H19N3O5/c1-32-23(29)14-28-24(30)21(27-25(28)31)12-20-19-9-5-4-6-16(19)10-11-22(20)33-15-18-8-3-2-7-17(18)13-26/h2-12H,14-15H2,1H3,(H,27,31)/b21-12+. The maximum atomic E-state index is 12.8. The third kappa shape index (κ3) is 4.38. The zero-order valence-electron chi connectivity index (χ0n) is 17.7. The summed E-state index contributed by atoms with van der Waals surface area (Å²) in [5.74, 6) is -0.869. The van der Waals surface area contributed by atoms with Gasteiger partial charge in [0.05, 0.1) is 18.7 Å². The first-order valence-electron chi connectivity index (χ1n) is 10.1. The number of hydrogen-bond acceptors (Lipinski definition) is 6. The Morgan fingerprint density at radius 3 is 2.64 bits per heavy atom. The first-order chi connectivity index (χ1) is 16.0. The van der Waals surface area contributed by atoms with Crippen LogP contribution >= 0.6 is 0 Å². The van der Waals surface area contributed by atoms with Crippen molar-refractivity contribution in [3.8, 4) is 11.8 Å². The number of methoxy groups -OCH3 is 1. The van der Waals surface area contributed by atoms with Crippen molar-refractivity contribution in [2.24, 2.45) is 0 Å². The summed E-state index contributed by atoms with van der Waals surface area (Å²) < 4.78 is 10.6. The second-order valence-electron chi connectivity index (χ2n) is 7.21. The van der Waals surface area contributed by atoms with Crippen molar-refractivity contribution in [2.75, 3.05) is 13.7 Å². The Kier molecular flexibility index (Phi) is 6.04. The number of carbonyl (C=O) groups excluding carboxylic acids is 3. The molecule has 1 saturated heterocycles. The zero-order chi connectivity index (χ0) is 23.4. The predicted molar refractivity (Wildman–Crippen MR) is 120 cm³/mol. The van der Waals surface area contributed by atoms with Gasteiger partial charge in [-0.15, -0.1) is 0 Å². The fourth-order valence-corrected chi connectivity index (χ4v) is 3.51. The second-order valence-corrected chi connectivity index (χ2v) is 7.21. The number of fused-ring (bicyclic) bond motifs is 1. The van der Waals surface area contributed by atoms with Crippen LogP contribution in [0.15, 0.2) is 66.4 Å². The second kappa shape index (κ2) is 9.24. The molecule has 3 aromatic carbocycles. The Hall–Kier alpha value is -4.64. The average Bonchev–Trinajstić information content (AvgIpc) is 3.10. The molecule has 1 aliphatic heterocycles. The van der Waals surface area contributed by atoms with Gasteiger partial charge in [0.15, 0.2) is 0 Å². The van der Waals surface area contributed by atoms with Gasteiger partial charge in [0, 0.05) is 11.1 Å². The van der Waals surface area contributed by atoms with Crippen LogP contribution in [-0.4, -0.2) is 36.5 Å². The molecule has 1 aliphatic rings. The summed E-state index contributed by atoms with van der Waals surface area (Å²) in [6.07, 6.45) is 1.53. The Morgan fingerprint density at radius 2 is 1.85 bits per heavy atom. The molecule has 0 aromatic heterocycles. The number of ether oxygens (including phenoxy) is 2. The highest BCUT2D eigenvalue weighted by Gasteiger charge is 2.35. The van der Waals surface area contributed by atoms with E-state index in [0.717, 1.165) is 21.2 Å². The molecule has 1 N–H and O–H groups in total. The summed E-state index contributed by atoms with van der Waals surface area (Å²) in [5.41, 5.74) is 1.84. The Labute approximate surface area is 189 Å². The fourth-order valence-electron chi connectivity index (χ4n) is 3.51. The Balaban J connectivity index is 1.72. The number of hydrogen-bond donors (Lipinski definition) is 1. The third-order valence-corrected chi connectivity index (χ3v) is 5.22. The van der Waals surface area contributed by atoms with Crippen molar-refractivity contribution < 1.29 is 23.9 Å². The van der Waals surface area contributed by atoms with E-state index in [1.54, 1.807) is 18.2 Å². The maximum absolute atomic E-state index is 12.8. The molecule has 0 spiro atoms. The molecular formula is C25H19N3O5. The van der Waals surface area contributed by atoms with Crippen LogP contribution in [0.25, 0.3) is 16.8 Å². The minimum atomic E-state index is -0.706. The van der Waals surface area contributed by atoms with Crippen LogP contribution in [0, 0.1) is 11.3 Å². The molecule has 4 rings (SSSR count). The predicted octanol–water partition coefficient (Wildman–Crippen LogP) is 3.36. The molecule has 3 amide bonds. The molecule has 8 nitrogen and oxygen atoms in total. The number of nitrogens with zero attached hydrogens (tertiary/aromatic N) is 2. The number of esters is 1. The third-order valence-electron chi connectivity index (χ3n) is 5.22. The van der Waals surface area contributed by atoms with E-state index >= 15 is 0 Å². The summed E-state index contributed by atoms with van der Waals surface area (Å²) in [6, 6.07) is 19.8. The van der Waals surface area contributed by atoms with E-state index in [0.29, 0.717) is 16.9 Å². The van der Waals surface area contributed by atoms with Gasteiger partial charge >= 0.3 is 12.0 Å². The van der Waals surface area contributed by atoms with Gasteiger partial charge in [-0.2, -0.15) is 5.26 Å². The van der Waals surface area contributed by atoms with Gasteiger partial charge in [-0.05, 0) is 29.0 Å². The van der Waals surface area contributed by atoms with E-state index in [2.05, 4.69) is 16.1 Å². The van der Waals surface area contributed by atoms with E-state index in [1.807, 2.05) is 42.5 Å². The van der Waals surface area contributed by atoms with E-state index < -0.39 is 24.5 Å². The van der Waals surface area contributed by atoms with Crippen LogP contribution < -0.4 is 10.1 Å². The van der Waals surface area contributed by atoms with Gasteiger partial charge in [0.2, 0.25) is 0 Å². The van der Waals surface area contributed by atoms with Crippen molar-refractivity contribution in [3.05, 3.63) is 83.1 Å². The number of nitriles is 1. The molecule has 8 heteroatoms. The maximum Gasteiger partial charge on any atom is 0.329 e. The lowest BCUT2D eigenvalue weighted by Gasteiger charge is -2.13. The Bertz CT molecular complexity index is 1340. The van der Waals surface area contributed by atoms with E-state index in [-0.39, 0.29) is 12.3 Å². The minimum absolute atomic E-state index is 0.0162. The largest absolute Gasteiger partial charge is 0.488 e. The average molecular weight is 441 g/mol. The molecule has 0 unspecified atom stereocenters. The zero-order valence-corrected chi connectivity index (χ0v) is 17.7. The minimum Gasteiger partial charge on any atom is -0.488 e. The highest BCUT2D eigenvalue weighted by atomic mass is 16.5. The van der Waals surface area contributed by atoms with Gasteiger partial charge in [0.1, 0.15) is 24.6 Å². The van der Waals surface area contributed by atoms with Crippen LogP contribution in [0.1, 0.15) is 16.7 Å². The van der Waals surface area contributed by atoms with E-state index in [4.69, 9.17) is 4.74 Å². The van der Waals surface area contributed by atoms with Crippen molar-refractivity contribution in [1.82, 2.24) is 10.2 Å². The lowest BCUT2D eigenvalue weighted by atomic mass is 10.0. The van der Waals surface area contributed by atoms with E-state index in [9.17, 15) is 19.6 Å². The molecule has 0 atom stereocenters. The molecule has 164 valence electrons. The molecule has 0 bridgehead atoms. The van der Waals surface area contributed by atoms with Crippen molar-refractivity contribution in [2.45, 2.75) is 6.61 Å². The molecule has 1 fully saturated rings. The molecule has 1 heterocycles. The highest BCUT2D eigenvalue weighted by Crippen LogP contribution is 2.31. The summed E-state index contributed by atoms with van der Waals surface area (Å²) in [7, 11) is 1.18. The van der Waals surface area contributed by atoms with Gasteiger partial charge in [-0.1, -0.05) is 48.5 Å². The van der Waals surface area contributed by atoms with Gasteiger partial charge in [-0.25, -0.2) is 9.69 Å². The summed E-state index contributed by atoms with van der Waals surface area (Å²) in [5, 5.41) is 13.6. The van der Waals surface area contributed by atoms with Gasteiger partial charge in [0.25, 0.3) is 5.91 Å². The van der Waals surface area contributed by atoms with Crippen molar-refractivity contribution >= 4 is 34.8 Å². The quantitative estimate of drug-likeness (QED) is 0.357. The smallest absolute Gasteiger partial charge is 0.329 e. The van der Waals surface area contributed by atoms with Crippen LogP contribution in [-0.2, 0) is 20.9 Å². The van der Waals surface area contributed by atoms with E-state index in [1.165, 1.54) is 13.2 Å². The van der Waals surface area contributed by atoms with Crippen LogP contribution in [0.4, 0.5) is 4.79 Å². The van der Waals surface area contributed by atoms with Crippen molar-refractivity contribution in [3.63, 3.8) is 0 Å². The van der Waals surface area contributed by atoms with Crippen LogP contribution in [0.5, 0.6) is 5.75 Å². The normalized spacial score (nSPS) is 14.3. The number of carbonyl (C=O) groups is 3. The number of amides is 3. The number of nitrogens with one attached hydrogen (secondary N) is 1. The van der Waals surface area contributed by atoms with Crippen LogP contribution in [0.2, 0.25) is 0 Å². The summed E-state index contributed by atoms with van der Waals surface area (Å²) >= 11 is 0. The SMILES string of the molecule is COC(=O)CN1C(=O)N/C(=C/c2c(OCc3ccccc3C#N)ccc3ccccc23)C1=O. The molecular weight excluding hydrogens is 422 g/mol. The molecule has 33 heavy (non-hydrogen) atoms. The van der Waals surface area contributed by atoms with Crippen LogP contribution in [0.3, 0.4) is 0 Å². The number of urea groups is 1. The number of benzene rings is 3. The molecule has 0 aliphatic carbocycles. The number of rotatable bonds is 6. The van der Waals surface area contributed by atoms with Gasteiger partial charge < -0.3 is 14.8 Å². The Morgan fingerprint density at radius 1 is 1.09 bits per heavy atom.